The zero-order valence-electron chi connectivity index (χ0n) is 18.3. The summed E-state index contributed by atoms with van der Waals surface area (Å²) in [6.07, 6.45) is 1.98. The van der Waals surface area contributed by atoms with Crippen LogP contribution in [0.3, 0.4) is 0 Å². The number of carbonyl (C=O) groups excluding carboxylic acids is 2. The molecule has 2 aliphatic heterocycles. The number of para-hydroxylation sites is 2. The highest BCUT2D eigenvalue weighted by atomic mass is 32.2. The third kappa shape index (κ3) is 4.36. The lowest BCUT2D eigenvalue weighted by Gasteiger charge is -2.31. The molecule has 1 fully saturated rings. The van der Waals surface area contributed by atoms with Gasteiger partial charge in [0, 0.05) is 22.8 Å². The van der Waals surface area contributed by atoms with Crippen LogP contribution in [-0.2, 0) is 9.59 Å². The molecule has 3 aromatic rings. The largest absolute Gasteiger partial charge is 0.497 e. The van der Waals surface area contributed by atoms with Crippen molar-refractivity contribution in [3.8, 4) is 5.75 Å². The van der Waals surface area contributed by atoms with E-state index in [9.17, 15) is 9.59 Å². The summed E-state index contributed by atoms with van der Waals surface area (Å²) >= 11 is 8.38. The fourth-order valence-electron chi connectivity index (χ4n) is 3.84. The molecule has 5 nitrogen and oxygen atoms in total. The number of fused-ring (bicyclic) bond motifs is 2. The number of nitrogens with zero attached hydrogens (tertiary/aromatic N) is 2. The number of thioether (sulfide) groups is 1. The van der Waals surface area contributed by atoms with E-state index in [1.54, 1.807) is 23.8 Å². The van der Waals surface area contributed by atoms with Gasteiger partial charge in [0.15, 0.2) is 0 Å². The molecule has 8 heteroatoms. The maximum absolute atomic E-state index is 13.4. The Morgan fingerprint density at radius 2 is 1.56 bits per heavy atom. The predicted octanol–water partition coefficient (Wildman–Crippen LogP) is 6.12. The second kappa shape index (κ2) is 9.66. The van der Waals surface area contributed by atoms with Gasteiger partial charge in [-0.2, -0.15) is 0 Å². The molecule has 1 saturated heterocycles. The standard InChI is InChI=1S/C26H20N2O3S3/c1-31-18-12-10-17(11-13-18)16-23-25(30)27(26(32)34-23)15-14-24(29)28-19-6-2-4-8-21(19)33-22-9-5-3-7-20(22)28/h2-13,16H,14-15H2,1H3/b23-16-. The first-order valence-electron chi connectivity index (χ1n) is 10.6. The van der Waals surface area contributed by atoms with Gasteiger partial charge < -0.3 is 4.74 Å². The number of ether oxygens (including phenoxy) is 1. The molecule has 3 aromatic carbocycles. The van der Waals surface area contributed by atoms with Gasteiger partial charge in [-0.25, -0.2) is 0 Å². The van der Waals surface area contributed by atoms with E-state index in [1.807, 2.05) is 78.9 Å². The van der Waals surface area contributed by atoms with Gasteiger partial charge in [-0.15, -0.1) is 0 Å². The lowest BCUT2D eigenvalue weighted by atomic mass is 10.2. The first-order chi connectivity index (χ1) is 16.5. The number of carbonyl (C=O) groups is 2. The van der Waals surface area contributed by atoms with E-state index in [1.165, 1.54) is 16.7 Å². The van der Waals surface area contributed by atoms with E-state index in [0.717, 1.165) is 32.5 Å². The van der Waals surface area contributed by atoms with Crippen LogP contribution in [0.2, 0.25) is 0 Å². The van der Waals surface area contributed by atoms with E-state index in [2.05, 4.69) is 0 Å². The van der Waals surface area contributed by atoms with Gasteiger partial charge in [0.2, 0.25) is 5.91 Å². The molecule has 34 heavy (non-hydrogen) atoms. The maximum Gasteiger partial charge on any atom is 0.266 e. The zero-order chi connectivity index (χ0) is 23.7. The van der Waals surface area contributed by atoms with Crippen molar-refractivity contribution in [2.45, 2.75) is 16.2 Å². The molecule has 0 aliphatic carbocycles. The van der Waals surface area contributed by atoms with Gasteiger partial charge in [-0.3, -0.25) is 19.4 Å². The number of hydrogen-bond acceptors (Lipinski definition) is 6. The molecular formula is C26H20N2O3S3. The van der Waals surface area contributed by atoms with Crippen LogP contribution in [-0.4, -0.2) is 34.7 Å². The third-order valence-electron chi connectivity index (χ3n) is 5.52. The Labute approximate surface area is 211 Å². The number of hydrogen-bond donors (Lipinski definition) is 0. The molecule has 0 radical (unpaired) electrons. The van der Waals surface area contributed by atoms with Gasteiger partial charge in [0.25, 0.3) is 5.91 Å². The molecule has 2 amide bonds. The highest BCUT2D eigenvalue weighted by Gasteiger charge is 2.34. The summed E-state index contributed by atoms with van der Waals surface area (Å²) in [4.78, 5) is 32.3. The molecule has 2 heterocycles. The number of benzene rings is 3. The minimum absolute atomic E-state index is 0.0756. The minimum Gasteiger partial charge on any atom is -0.497 e. The molecule has 0 unspecified atom stereocenters. The lowest BCUT2D eigenvalue weighted by Crippen LogP contribution is -2.35. The predicted molar refractivity (Wildman–Crippen MR) is 142 cm³/mol. The van der Waals surface area contributed by atoms with Crippen molar-refractivity contribution < 1.29 is 14.3 Å². The van der Waals surface area contributed by atoms with Crippen LogP contribution in [0.15, 0.2) is 87.5 Å². The Hall–Kier alpha value is -3.07. The van der Waals surface area contributed by atoms with Crippen LogP contribution < -0.4 is 9.64 Å². The van der Waals surface area contributed by atoms with Gasteiger partial charge >= 0.3 is 0 Å². The van der Waals surface area contributed by atoms with Crippen molar-refractivity contribution in [1.82, 2.24) is 4.90 Å². The third-order valence-corrected chi connectivity index (χ3v) is 8.03. The van der Waals surface area contributed by atoms with E-state index in [0.29, 0.717) is 9.23 Å². The molecule has 0 bridgehead atoms. The number of thiocarbonyl (C=S) groups is 1. The normalized spacial score (nSPS) is 16.0. The van der Waals surface area contributed by atoms with E-state index in [-0.39, 0.29) is 24.8 Å². The Morgan fingerprint density at radius 1 is 0.941 bits per heavy atom. The second-order valence-corrected chi connectivity index (χ2v) is 10.4. The molecule has 0 aromatic heterocycles. The average Bonchev–Trinajstić information content (AvgIpc) is 3.13. The fraction of sp³-hybridized carbons (Fsp3) is 0.115. The Morgan fingerprint density at radius 3 is 2.18 bits per heavy atom. The van der Waals surface area contributed by atoms with Crippen LogP contribution in [0.1, 0.15) is 12.0 Å². The molecule has 0 saturated carbocycles. The van der Waals surface area contributed by atoms with Gasteiger partial charge in [-0.05, 0) is 48.0 Å². The zero-order valence-corrected chi connectivity index (χ0v) is 20.7. The van der Waals surface area contributed by atoms with E-state index in [4.69, 9.17) is 17.0 Å². The van der Waals surface area contributed by atoms with Crippen molar-refractivity contribution in [3.05, 3.63) is 83.3 Å². The number of rotatable bonds is 5. The molecular weight excluding hydrogens is 484 g/mol. The van der Waals surface area contributed by atoms with E-state index < -0.39 is 0 Å². The van der Waals surface area contributed by atoms with Gasteiger partial charge in [0.05, 0.1) is 23.4 Å². The molecule has 5 rings (SSSR count). The van der Waals surface area contributed by atoms with Crippen molar-refractivity contribution in [3.63, 3.8) is 0 Å². The van der Waals surface area contributed by atoms with Crippen molar-refractivity contribution in [2.75, 3.05) is 18.6 Å². The summed E-state index contributed by atoms with van der Waals surface area (Å²) < 4.78 is 5.65. The summed E-state index contributed by atoms with van der Waals surface area (Å²) in [6, 6.07) is 23.2. The molecule has 0 N–H and O–H groups in total. The first kappa shape index (κ1) is 22.7. The van der Waals surface area contributed by atoms with Crippen LogP contribution in [0.4, 0.5) is 11.4 Å². The Kier molecular flexibility index (Phi) is 6.45. The van der Waals surface area contributed by atoms with Gasteiger partial charge in [0.1, 0.15) is 10.1 Å². The Bertz CT molecular complexity index is 1280. The molecule has 170 valence electrons. The number of amides is 2. The topological polar surface area (TPSA) is 49.9 Å². The molecule has 0 spiro atoms. The number of methoxy groups -OCH3 is 1. The number of anilines is 2. The maximum atomic E-state index is 13.4. The van der Waals surface area contributed by atoms with Crippen LogP contribution in [0.5, 0.6) is 5.75 Å². The summed E-state index contributed by atoms with van der Waals surface area (Å²) in [5.74, 6) is 0.504. The summed E-state index contributed by atoms with van der Waals surface area (Å²) in [5, 5.41) is 0. The van der Waals surface area contributed by atoms with Crippen LogP contribution in [0.25, 0.3) is 6.08 Å². The SMILES string of the molecule is COc1ccc(/C=C2\SC(=S)N(CCC(=O)N3c4ccccc4Sc4ccccc43)C2=O)cc1. The molecule has 0 atom stereocenters. The first-order valence-corrected chi connectivity index (χ1v) is 12.7. The Balaban J connectivity index is 1.33. The smallest absolute Gasteiger partial charge is 0.266 e. The highest BCUT2D eigenvalue weighted by molar-refractivity contribution is 8.26. The summed E-state index contributed by atoms with van der Waals surface area (Å²) in [5.41, 5.74) is 2.61. The highest BCUT2D eigenvalue weighted by Crippen LogP contribution is 2.48. The van der Waals surface area contributed by atoms with Crippen LogP contribution >= 0.6 is 35.7 Å². The van der Waals surface area contributed by atoms with Crippen molar-refractivity contribution in [1.29, 1.82) is 0 Å². The van der Waals surface area contributed by atoms with Crippen molar-refractivity contribution in [2.24, 2.45) is 0 Å². The van der Waals surface area contributed by atoms with Crippen LogP contribution in [0, 0.1) is 0 Å². The average molecular weight is 505 g/mol. The second-order valence-electron chi connectivity index (χ2n) is 7.62. The monoisotopic (exact) mass is 504 g/mol. The van der Waals surface area contributed by atoms with Gasteiger partial charge in [-0.1, -0.05) is 72.1 Å². The fourth-order valence-corrected chi connectivity index (χ4v) is 6.20. The van der Waals surface area contributed by atoms with E-state index >= 15 is 0 Å². The lowest BCUT2D eigenvalue weighted by molar-refractivity contribution is -0.123. The summed E-state index contributed by atoms with van der Waals surface area (Å²) in [7, 11) is 1.61. The molecule has 2 aliphatic rings. The minimum atomic E-state index is -0.173. The quantitative estimate of drug-likeness (QED) is 0.308. The van der Waals surface area contributed by atoms with Crippen molar-refractivity contribution >= 4 is 69.3 Å². The summed E-state index contributed by atoms with van der Waals surface area (Å²) in [6.45, 7) is 0.234.